The fraction of sp³-hybridized carbons (Fsp3) is 0.714. The molecule has 0 rings (SSSR count). The Morgan fingerprint density at radius 3 is 2.17 bits per heavy atom. The zero-order chi connectivity index (χ0) is 9.72. The number of nitrogens with zero attached hydrogens (tertiary/aromatic N) is 1. The lowest BCUT2D eigenvalue weighted by atomic mass is 10.5. The van der Waals surface area contributed by atoms with Gasteiger partial charge >= 0.3 is 11.8 Å². The highest BCUT2D eigenvalue weighted by molar-refractivity contribution is 6.34. The van der Waals surface area contributed by atoms with Crippen molar-refractivity contribution in [3.05, 3.63) is 0 Å². The second kappa shape index (κ2) is 4.71. The van der Waals surface area contributed by atoms with Crippen LogP contribution in [0, 0.1) is 0 Å². The van der Waals surface area contributed by atoms with Crippen molar-refractivity contribution in [1.82, 2.24) is 10.4 Å². The number of hydrogen-bond donors (Lipinski definition) is 1. The number of likely N-dealkylation sites (N-methyl/N-ethyl adjacent to an activating group) is 1. The second-order valence-corrected chi connectivity index (χ2v) is 2.80. The van der Waals surface area contributed by atoms with Crippen molar-refractivity contribution >= 4 is 11.8 Å². The van der Waals surface area contributed by atoms with Crippen molar-refractivity contribution in [2.24, 2.45) is 0 Å². The molecule has 0 spiro atoms. The molecule has 70 valence electrons. The van der Waals surface area contributed by atoms with Crippen molar-refractivity contribution in [3.8, 4) is 0 Å². The van der Waals surface area contributed by atoms with Gasteiger partial charge < -0.3 is 4.90 Å². The minimum Gasteiger partial charge on any atom is -0.341 e. The largest absolute Gasteiger partial charge is 0.341 e. The molecule has 12 heavy (non-hydrogen) atoms. The highest BCUT2D eigenvalue weighted by Gasteiger charge is 2.15. The standard InChI is InChI=1S/C7H14N2O3/c1-5(2)12-8-6(10)7(11)9(3)4/h5H,1-4H3,(H,8,10). The molecule has 0 bridgehead atoms. The van der Waals surface area contributed by atoms with Gasteiger partial charge in [-0.2, -0.15) is 0 Å². The van der Waals surface area contributed by atoms with E-state index in [1.54, 1.807) is 13.8 Å². The molecule has 0 aliphatic heterocycles. The molecule has 0 aromatic carbocycles. The SMILES string of the molecule is CC(C)ONC(=O)C(=O)N(C)C. The zero-order valence-electron chi connectivity index (χ0n) is 7.75. The fourth-order valence-electron chi connectivity index (χ4n) is 0.418. The van der Waals surface area contributed by atoms with Gasteiger partial charge in [-0.25, -0.2) is 5.48 Å². The number of amides is 2. The minimum absolute atomic E-state index is 0.135. The van der Waals surface area contributed by atoms with E-state index < -0.39 is 11.8 Å². The third-order valence-corrected chi connectivity index (χ3v) is 0.988. The van der Waals surface area contributed by atoms with Crippen LogP contribution in [0.15, 0.2) is 0 Å². The maximum absolute atomic E-state index is 10.9. The van der Waals surface area contributed by atoms with Crippen LogP contribution in [0.5, 0.6) is 0 Å². The second-order valence-electron chi connectivity index (χ2n) is 2.80. The fourth-order valence-corrected chi connectivity index (χ4v) is 0.418. The number of carbonyl (C=O) groups is 2. The third-order valence-electron chi connectivity index (χ3n) is 0.988. The molecule has 5 heteroatoms. The molecule has 0 atom stereocenters. The summed E-state index contributed by atoms with van der Waals surface area (Å²) in [7, 11) is 2.99. The van der Waals surface area contributed by atoms with E-state index in [0.29, 0.717) is 0 Å². The quantitative estimate of drug-likeness (QED) is 0.455. The van der Waals surface area contributed by atoms with Crippen LogP contribution in [0.4, 0.5) is 0 Å². The molecule has 0 unspecified atom stereocenters. The van der Waals surface area contributed by atoms with E-state index in [9.17, 15) is 9.59 Å². The predicted molar refractivity (Wildman–Crippen MR) is 43.1 cm³/mol. The maximum Gasteiger partial charge on any atom is 0.333 e. The summed E-state index contributed by atoms with van der Waals surface area (Å²) < 4.78 is 0. The summed E-state index contributed by atoms with van der Waals surface area (Å²) in [5.41, 5.74) is 2.03. The van der Waals surface area contributed by atoms with E-state index in [1.807, 2.05) is 5.48 Å². The van der Waals surface area contributed by atoms with Crippen LogP contribution in [-0.2, 0) is 14.4 Å². The van der Waals surface area contributed by atoms with E-state index in [2.05, 4.69) is 0 Å². The van der Waals surface area contributed by atoms with Crippen molar-refractivity contribution in [2.45, 2.75) is 20.0 Å². The van der Waals surface area contributed by atoms with E-state index in [-0.39, 0.29) is 6.10 Å². The van der Waals surface area contributed by atoms with Gasteiger partial charge in [-0.05, 0) is 13.8 Å². The number of hydrogen-bond acceptors (Lipinski definition) is 3. The van der Waals surface area contributed by atoms with Gasteiger partial charge in [0.25, 0.3) is 0 Å². The first-order valence-corrected chi connectivity index (χ1v) is 3.62. The summed E-state index contributed by atoms with van der Waals surface area (Å²) >= 11 is 0. The van der Waals surface area contributed by atoms with Gasteiger partial charge in [-0.3, -0.25) is 14.4 Å². The summed E-state index contributed by atoms with van der Waals surface area (Å²) in [5, 5.41) is 0. The monoisotopic (exact) mass is 174 g/mol. The molecule has 0 aromatic rings. The molecule has 0 aromatic heterocycles. The van der Waals surface area contributed by atoms with Crippen LogP contribution in [0.1, 0.15) is 13.8 Å². The van der Waals surface area contributed by atoms with Gasteiger partial charge in [0.2, 0.25) is 0 Å². The molecule has 0 aliphatic rings. The summed E-state index contributed by atoms with van der Waals surface area (Å²) in [6.07, 6.45) is -0.135. The van der Waals surface area contributed by atoms with Crippen LogP contribution in [0.3, 0.4) is 0 Å². The molecule has 0 saturated carbocycles. The van der Waals surface area contributed by atoms with E-state index >= 15 is 0 Å². The lowest BCUT2D eigenvalue weighted by Crippen LogP contribution is -2.40. The summed E-state index contributed by atoms with van der Waals surface area (Å²) in [4.78, 5) is 27.7. The van der Waals surface area contributed by atoms with Crippen LogP contribution >= 0.6 is 0 Å². The molecule has 0 aliphatic carbocycles. The Morgan fingerprint density at radius 2 is 1.83 bits per heavy atom. The molecule has 1 N–H and O–H groups in total. The van der Waals surface area contributed by atoms with Crippen LogP contribution < -0.4 is 5.48 Å². The first kappa shape index (κ1) is 10.9. The average Bonchev–Trinajstić information content (AvgIpc) is 1.98. The Balaban J connectivity index is 3.81. The van der Waals surface area contributed by atoms with Crippen LogP contribution in [-0.4, -0.2) is 36.9 Å². The van der Waals surface area contributed by atoms with Crippen LogP contribution in [0.2, 0.25) is 0 Å². The Hall–Kier alpha value is -1.10. The van der Waals surface area contributed by atoms with E-state index in [4.69, 9.17) is 4.84 Å². The molecular weight excluding hydrogens is 160 g/mol. The molecule has 5 nitrogen and oxygen atoms in total. The van der Waals surface area contributed by atoms with Crippen molar-refractivity contribution in [2.75, 3.05) is 14.1 Å². The summed E-state index contributed by atoms with van der Waals surface area (Å²) in [5.74, 6) is -1.38. The average molecular weight is 174 g/mol. The van der Waals surface area contributed by atoms with Gasteiger partial charge in [-0.15, -0.1) is 0 Å². The smallest absolute Gasteiger partial charge is 0.333 e. The van der Waals surface area contributed by atoms with Crippen molar-refractivity contribution in [1.29, 1.82) is 0 Å². The van der Waals surface area contributed by atoms with E-state index in [0.717, 1.165) is 0 Å². The highest BCUT2D eigenvalue weighted by Crippen LogP contribution is 1.84. The molecular formula is C7H14N2O3. The molecule has 0 radical (unpaired) electrons. The Kier molecular flexibility index (Phi) is 4.28. The number of rotatable bonds is 2. The summed E-state index contributed by atoms with van der Waals surface area (Å²) in [6.45, 7) is 3.50. The van der Waals surface area contributed by atoms with Gasteiger partial charge in [0.15, 0.2) is 0 Å². The lowest BCUT2D eigenvalue weighted by molar-refractivity contribution is -0.153. The Labute approximate surface area is 71.6 Å². The predicted octanol–water partition coefficient (Wildman–Crippen LogP) is -0.469. The van der Waals surface area contributed by atoms with Gasteiger partial charge in [0.1, 0.15) is 0 Å². The lowest BCUT2D eigenvalue weighted by Gasteiger charge is -2.11. The minimum atomic E-state index is -0.756. The first-order chi connectivity index (χ1) is 5.45. The van der Waals surface area contributed by atoms with Gasteiger partial charge in [-0.1, -0.05) is 0 Å². The third kappa shape index (κ3) is 3.92. The van der Waals surface area contributed by atoms with Gasteiger partial charge in [0, 0.05) is 14.1 Å². The normalized spacial score (nSPS) is 9.75. The Morgan fingerprint density at radius 1 is 1.33 bits per heavy atom. The molecule has 2 amide bonds. The van der Waals surface area contributed by atoms with Crippen molar-refractivity contribution in [3.63, 3.8) is 0 Å². The number of carbonyl (C=O) groups excluding carboxylic acids is 2. The van der Waals surface area contributed by atoms with E-state index in [1.165, 1.54) is 19.0 Å². The first-order valence-electron chi connectivity index (χ1n) is 3.62. The summed E-state index contributed by atoms with van der Waals surface area (Å²) in [6, 6.07) is 0. The Bertz CT molecular complexity index is 177. The molecule has 0 saturated heterocycles. The van der Waals surface area contributed by atoms with Crippen molar-refractivity contribution < 1.29 is 14.4 Å². The number of nitrogens with one attached hydrogen (secondary N) is 1. The molecule has 0 heterocycles. The highest BCUT2D eigenvalue weighted by atomic mass is 16.7. The molecule has 0 fully saturated rings. The topological polar surface area (TPSA) is 58.6 Å². The zero-order valence-corrected chi connectivity index (χ0v) is 7.75. The van der Waals surface area contributed by atoms with Crippen LogP contribution in [0.25, 0.3) is 0 Å². The number of hydroxylamine groups is 1. The maximum atomic E-state index is 10.9. The van der Waals surface area contributed by atoms with Gasteiger partial charge in [0.05, 0.1) is 6.10 Å².